The number of sulfone groups is 1. The van der Waals surface area contributed by atoms with Crippen LogP contribution >= 0.6 is 23.2 Å². The summed E-state index contributed by atoms with van der Waals surface area (Å²) in [4.78, 5) is 15.4. The van der Waals surface area contributed by atoms with Gasteiger partial charge in [-0.3, -0.25) is 0 Å². The normalized spacial score (nSPS) is 21.1. The van der Waals surface area contributed by atoms with Crippen molar-refractivity contribution in [3.8, 4) is 0 Å². The predicted octanol–water partition coefficient (Wildman–Crippen LogP) is 4.71. The molecule has 2 aromatic carbocycles. The number of rotatable bonds is 4. The van der Waals surface area contributed by atoms with Crippen molar-refractivity contribution in [2.24, 2.45) is 0 Å². The second-order valence-electron chi connectivity index (χ2n) is 8.96. The first-order valence-electron chi connectivity index (χ1n) is 11.5. The Kier molecular flexibility index (Phi) is 6.50. The zero-order valence-electron chi connectivity index (χ0n) is 19.1. The summed E-state index contributed by atoms with van der Waals surface area (Å²) in [7, 11) is -3.39. The van der Waals surface area contributed by atoms with Gasteiger partial charge in [0.05, 0.1) is 29.3 Å². The minimum Gasteiger partial charge on any atom is -0.331 e. The van der Waals surface area contributed by atoms with Gasteiger partial charge < -0.3 is 14.8 Å². The first-order valence-corrected chi connectivity index (χ1v) is 13.9. The van der Waals surface area contributed by atoms with Crippen molar-refractivity contribution >= 4 is 39.1 Å². The minimum absolute atomic E-state index is 0.0232. The number of carbonyl (C=O) groups excluding carboxylic acids is 1. The molecule has 1 aromatic heterocycles. The topological polar surface area (TPSA) is 97.2 Å². The SMILES string of the molecule is Cc1nnc([C@H]2CCCN2C(=O)N[C@H]2CCS(=O)(=O)c3ccc(Cl)cc32)n1Cc1ccc(Cl)cc1. The van der Waals surface area contributed by atoms with Crippen molar-refractivity contribution in [1.29, 1.82) is 0 Å². The summed E-state index contributed by atoms with van der Waals surface area (Å²) in [6.07, 6.45) is 1.91. The van der Waals surface area contributed by atoms with Crippen LogP contribution in [-0.2, 0) is 16.4 Å². The lowest BCUT2D eigenvalue weighted by Gasteiger charge is -2.30. The van der Waals surface area contributed by atoms with Crippen LogP contribution in [0.15, 0.2) is 47.4 Å². The molecule has 0 aliphatic carbocycles. The summed E-state index contributed by atoms with van der Waals surface area (Å²) < 4.78 is 27.1. The van der Waals surface area contributed by atoms with E-state index in [0.717, 1.165) is 30.1 Å². The van der Waals surface area contributed by atoms with Gasteiger partial charge in [0.2, 0.25) is 0 Å². The Hall–Kier alpha value is -2.62. The van der Waals surface area contributed by atoms with Crippen LogP contribution in [0.5, 0.6) is 0 Å². The molecule has 0 unspecified atom stereocenters. The second-order valence-corrected chi connectivity index (χ2v) is 11.9. The maximum absolute atomic E-state index is 13.4. The van der Waals surface area contributed by atoms with Gasteiger partial charge in [-0.2, -0.15) is 0 Å². The predicted molar refractivity (Wildman–Crippen MR) is 133 cm³/mol. The number of nitrogens with zero attached hydrogens (tertiary/aromatic N) is 4. The molecule has 1 fully saturated rings. The zero-order valence-corrected chi connectivity index (χ0v) is 21.4. The molecule has 0 radical (unpaired) electrons. The highest BCUT2D eigenvalue weighted by Crippen LogP contribution is 2.36. The number of hydrogen-bond acceptors (Lipinski definition) is 5. The van der Waals surface area contributed by atoms with Crippen LogP contribution < -0.4 is 5.32 Å². The molecule has 35 heavy (non-hydrogen) atoms. The summed E-state index contributed by atoms with van der Waals surface area (Å²) >= 11 is 12.2. The van der Waals surface area contributed by atoms with Crippen molar-refractivity contribution in [3.05, 3.63) is 75.3 Å². The van der Waals surface area contributed by atoms with Crippen LogP contribution in [0.25, 0.3) is 0 Å². The smallest absolute Gasteiger partial charge is 0.318 e. The molecule has 0 saturated carbocycles. The second kappa shape index (κ2) is 9.44. The first kappa shape index (κ1) is 24.1. The molecule has 3 heterocycles. The molecule has 2 atom stereocenters. The standard InChI is InChI=1S/C24H25Cl2N5O3S/c1-15-28-29-23(31(15)14-16-4-6-17(25)7-5-16)21-3-2-11-30(21)24(32)27-20-10-12-35(33,34)22-9-8-18(26)13-19(20)22/h4-9,13,20-21H,2-3,10-12,14H2,1H3,(H,27,32)/t20-,21+/m0/s1. The highest BCUT2D eigenvalue weighted by atomic mass is 35.5. The molecule has 11 heteroatoms. The highest BCUT2D eigenvalue weighted by molar-refractivity contribution is 7.91. The van der Waals surface area contributed by atoms with Crippen molar-refractivity contribution in [2.45, 2.75) is 49.7 Å². The monoisotopic (exact) mass is 533 g/mol. The number of aromatic nitrogens is 3. The van der Waals surface area contributed by atoms with Crippen LogP contribution in [-0.4, -0.2) is 46.4 Å². The lowest BCUT2D eigenvalue weighted by atomic mass is 10.0. The van der Waals surface area contributed by atoms with E-state index in [-0.39, 0.29) is 22.7 Å². The number of aryl methyl sites for hydroxylation is 1. The molecule has 0 bridgehead atoms. The van der Waals surface area contributed by atoms with Crippen molar-refractivity contribution in [1.82, 2.24) is 25.0 Å². The summed E-state index contributed by atoms with van der Waals surface area (Å²) in [6.45, 7) is 3.05. The Morgan fingerprint density at radius 2 is 1.83 bits per heavy atom. The van der Waals surface area contributed by atoms with Gasteiger partial charge in [-0.25, -0.2) is 13.2 Å². The number of fused-ring (bicyclic) bond motifs is 1. The van der Waals surface area contributed by atoms with E-state index in [0.29, 0.717) is 35.1 Å². The Bertz CT molecular complexity index is 1370. The Morgan fingerprint density at radius 3 is 2.60 bits per heavy atom. The quantitative estimate of drug-likeness (QED) is 0.523. The fourth-order valence-corrected chi connectivity index (χ4v) is 6.79. The highest BCUT2D eigenvalue weighted by Gasteiger charge is 2.37. The molecule has 8 nitrogen and oxygen atoms in total. The van der Waals surface area contributed by atoms with Crippen LogP contribution in [0.2, 0.25) is 10.0 Å². The van der Waals surface area contributed by atoms with E-state index in [1.165, 1.54) is 6.07 Å². The van der Waals surface area contributed by atoms with Gasteiger partial charge in [0.15, 0.2) is 15.7 Å². The molecule has 2 aliphatic rings. The van der Waals surface area contributed by atoms with Crippen molar-refractivity contribution in [2.75, 3.05) is 12.3 Å². The Morgan fingerprint density at radius 1 is 1.09 bits per heavy atom. The van der Waals surface area contributed by atoms with Gasteiger partial charge >= 0.3 is 6.03 Å². The maximum Gasteiger partial charge on any atom is 0.318 e. The molecule has 2 amide bonds. The van der Waals surface area contributed by atoms with Gasteiger partial charge in [0.25, 0.3) is 0 Å². The van der Waals surface area contributed by atoms with Crippen LogP contribution in [0, 0.1) is 6.92 Å². The Labute approximate surface area is 214 Å². The van der Waals surface area contributed by atoms with Crippen LogP contribution in [0.4, 0.5) is 4.79 Å². The molecule has 3 aromatic rings. The van der Waals surface area contributed by atoms with Gasteiger partial charge in [0.1, 0.15) is 5.82 Å². The summed E-state index contributed by atoms with van der Waals surface area (Å²) in [5, 5.41) is 12.9. The number of amides is 2. The maximum atomic E-state index is 13.4. The molecule has 1 N–H and O–H groups in total. The largest absolute Gasteiger partial charge is 0.331 e. The fourth-order valence-electron chi connectivity index (χ4n) is 4.89. The number of carbonyl (C=O) groups is 1. The van der Waals surface area contributed by atoms with E-state index in [2.05, 4.69) is 15.5 Å². The summed E-state index contributed by atoms with van der Waals surface area (Å²) in [5.41, 5.74) is 1.60. The molecule has 0 spiro atoms. The number of likely N-dealkylation sites (tertiary alicyclic amines) is 1. The number of hydrogen-bond donors (Lipinski definition) is 1. The van der Waals surface area contributed by atoms with Gasteiger partial charge in [0, 0.05) is 16.6 Å². The Balaban J connectivity index is 1.38. The lowest BCUT2D eigenvalue weighted by Crippen LogP contribution is -2.43. The van der Waals surface area contributed by atoms with E-state index in [1.807, 2.05) is 35.8 Å². The lowest BCUT2D eigenvalue weighted by molar-refractivity contribution is 0.185. The third-order valence-electron chi connectivity index (χ3n) is 6.69. The molecular weight excluding hydrogens is 509 g/mol. The number of urea groups is 1. The van der Waals surface area contributed by atoms with Gasteiger partial charge in [-0.15, -0.1) is 10.2 Å². The molecule has 5 rings (SSSR count). The molecule has 184 valence electrons. The van der Waals surface area contributed by atoms with E-state index < -0.39 is 15.9 Å². The first-order chi connectivity index (χ1) is 16.7. The third kappa shape index (κ3) is 4.77. The van der Waals surface area contributed by atoms with Crippen molar-refractivity contribution < 1.29 is 13.2 Å². The van der Waals surface area contributed by atoms with E-state index in [1.54, 1.807) is 17.0 Å². The van der Waals surface area contributed by atoms with Gasteiger partial charge in [-0.1, -0.05) is 35.3 Å². The fraction of sp³-hybridized carbons (Fsp3) is 0.375. The van der Waals surface area contributed by atoms with Crippen LogP contribution in [0.3, 0.4) is 0 Å². The number of benzene rings is 2. The van der Waals surface area contributed by atoms with E-state index in [9.17, 15) is 13.2 Å². The number of halogens is 2. The van der Waals surface area contributed by atoms with E-state index in [4.69, 9.17) is 23.2 Å². The van der Waals surface area contributed by atoms with Crippen molar-refractivity contribution in [3.63, 3.8) is 0 Å². The zero-order chi connectivity index (χ0) is 24.7. The third-order valence-corrected chi connectivity index (χ3v) is 8.99. The number of nitrogens with one attached hydrogen (secondary N) is 1. The minimum atomic E-state index is -3.39. The van der Waals surface area contributed by atoms with E-state index >= 15 is 0 Å². The summed E-state index contributed by atoms with van der Waals surface area (Å²) in [5.74, 6) is 1.48. The molecule has 2 aliphatic heterocycles. The van der Waals surface area contributed by atoms with Crippen LogP contribution in [0.1, 0.15) is 54.1 Å². The molecule has 1 saturated heterocycles. The summed E-state index contributed by atoms with van der Waals surface area (Å²) in [6, 6.07) is 11.4. The molecular formula is C24H25Cl2N5O3S. The average molecular weight is 534 g/mol. The average Bonchev–Trinajstić information content (AvgIpc) is 3.44. The van der Waals surface area contributed by atoms with Gasteiger partial charge in [-0.05, 0) is 67.6 Å².